The second-order valence-electron chi connectivity index (χ2n) is 5.81. The number of halogens is 4. The van der Waals surface area contributed by atoms with Gasteiger partial charge in [0.25, 0.3) is 0 Å². The minimum absolute atomic E-state index is 0.128. The van der Waals surface area contributed by atoms with E-state index in [9.17, 15) is 8.78 Å². The average molecular weight is 434 g/mol. The van der Waals surface area contributed by atoms with Crippen LogP contribution in [0.3, 0.4) is 0 Å². The Kier molecular flexibility index (Phi) is 5.32. The molecule has 0 bridgehead atoms. The molecule has 7 nitrogen and oxygen atoms in total. The van der Waals surface area contributed by atoms with Gasteiger partial charge in [-0.3, -0.25) is 4.98 Å². The van der Waals surface area contributed by atoms with E-state index >= 15 is 0 Å². The number of anilines is 1. The monoisotopic (exact) mass is 433 g/mol. The third-order valence-electron chi connectivity index (χ3n) is 4.05. The van der Waals surface area contributed by atoms with Crippen molar-refractivity contribution in [2.75, 3.05) is 5.32 Å². The molecule has 1 N–H and O–H groups in total. The summed E-state index contributed by atoms with van der Waals surface area (Å²) in [6.07, 6.45) is 2.50. The molecule has 0 atom stereocenters. The van der Waals surface area contributed by atoms with Crippen molar-refractivity contribution in [1.82, 2.24) is 30.2 Å². The molecule has 0 aliphatic carbocycles. The van der Waals surface area contributed by atoms with Gasteiger partial charge >= 0.3 is 0 Å². The van der Waals surface area contributed by atoms with Gasteiger partial charge in [-0.1, -0.05) is 40.4 Å². The molecule has 11 heteroatoms. The Morgan fingerprint density at radius 2 is 1.86 bits per heavy atom. The van der Waals surface area contributed by atoms with E-state index in [0.717, 1.165) is 12.3 Å². The van der Waals surface area contributed by atoms with Gasteiger partial charge in [0, 0.05) is 18.9 Å². The van der Waals surface area contributed by atoms with Crippen molar-refractivity contribution in [3.8, 4) is 16.9 Å². The molecule has 4 rings (SSSR count). The highest BCUT2D eigenvalue weighted by molar-refractivity contribution is 6.43. The fourth-order valence-electron chi connectivity index (χ4n) is 2.72. The Hall–Kier alpha value is -3.17. The maximum absolute atomic E-state index is 14.2. The first kappa shape index (κ1) is 19.2. The summed E-state index contributed by atoms with van der Waals surface area (Å²) in [7, 11) is 0. The molecule has 0 saturated carbocycles. The SMILES string of the molecule is Fc1ccnc(F)c1-c1ncccc1CNc1nnnn1-c1cccc(Cl)c1Cl. The molecule has 29 heavy (non-hydrogen) atoms. The van der Waals surface area contributed by atoms with Gasteiger partial charge in [-0.15, -0.1) is 0 Å². The number of pyridine rings is 2. The van der Waals surface area contributed by atoms with Crippen molar-refractivity contribution in [2.24, 2.45) is 0 Å². The van der Waals surface area contributed by atoms with Crippen LogP contribution in [0.5, 0.6) is 0 Å². The number of nitrogens with one attached hydrogen (secondary N) is 1. The topological polar surface area (TPSA) is 81.4 Å². The molecule has 0 saturated heterocycles. The molecule has 0 radical (unpaired) electrons. The Labute approximate surface area is 173 Å². The van der Waals surface area contributed by atoms with Crippen molar-refractivity contribution in [3.05, 3.63) is 76.2 Å². The van der Waals surface area contributed by atoms with E-state index in [-0.39, 0.29) is 28.8 Å². The van der Waals surface area contributed by atoms with E-state index in [2.05, 4.69) is 30.8 Å². The number of aromatic nitrogens is 6. The van der Waals surface area contributed by atoms with Crippen LogP contribution in [-0.2, 0) is 6.54 Å². The Balaban J connectivity index is 1.66. The van der Waals surface area contributed by atoms with Crippen LogP contribution in [0, 0.1) is 11.8 Å². The number of benzene rings is 1. The number of hydrogen-bond donors (Lipinski definition) is 1. The van der Waals surface area contributed by atoms with Crippen LogP contribution in [0.1, 0.15) is 5.56 Å². The van der Waals surface area contributed by atoms with E-state index in [4.69, 9.17) is 23.2 Å². The summed E-state index contributed by atoms with van der Waals surface area (Å²) in [6, 6.07) is 9.47. The molecular weight excluding hydrogens is 423 g/mol. The van der Waals surface area contributed by atoms with Gasteiger partial charge in [0.2, 0.25) is 11.9 Å². The first-order valence-electron chi connectivity index (χ1n) is 8.27. The van der Waals surface area contributed by atoms with Crippen molar-refractivity contribution >= 4 is 29.2 Å². The van der Waals surface area contributed by atoms with Crippen molar-refractivity contribution < 1.29 is 8.78 Å². The quantitative estimate of drug-likeness (QED) is 0.472. The molecule has 0 aliphatic heterocycles. The molecule has 3 heterocycles. The zero-order chi connectivity index (χ0) is 20.4. The molecule has 1 aromatic carbocycles. The van der Waals surface area contributed by atoms with Gasteiger partial charge in [-0.05, 0) is 40.3 Å². The maximum Gasteiger partial charge on any atom is 0.248 e. The highest BCUT2D eigenvalue weighted by Gasteiger charge is 2.18. The van der Waals surface area contributed by atoms with Crippen LogP contribution in [-0.4, -0.2) is 30.2 Å². The lowest BCUT2D eigenvalue weighted by Crippen LogP contribution is -2.09. The standard InChI is InChI=1S/C18H11Cl2F2N7/c19-11-4-1-5-13(15(11)20)29-18(26-27-28-29)25-9-10-3-2-7-23-16(10)14-12(21)6-8-24-17(14)22/h1-8H,9H2,(H,25,26,28). The summed E-state index contributed by atoms with van der Waals surface area (Å²) in [5.41, 5.74) is 0.817. The number of hydrogen-bond acceptors (Lipinski definition) is 6. The van der Waals surface area contributed by atoms with Crippen LogP contribution >= 0.6 is 23.2 Å². The second kappa shape index (κ2) is 8.06. The lowest BCUT2D eigenvalue weighted by atomic mass is 10.1. The van der Waals surface area contributed by atoms with E-state index in [1.807, 2.05) is 0 Å². The van der Waals surface area contributed by atoms with Gasteiger partial charge in [0.15, 0.2) is 0 Å². The lowest BCUT2D eigenvalue weighted by molar-refractivity contribution is 0.557. The van der Waals surface area contributed by atoms with Gasteiger partial charge < -0.3 is 5.32 Å². The van der Waals surface area contributed by atoms with E-state index < -0.39 is 11.8 Å². The number of tetrazole rings is 1. The van der Waals surface area contributed by atoms with Crippen LogP contribution in [0.4, 0.5) is 14.7 Å². The minimum Gasteiger partial charge on any atom is -0.349 e. The molecule has 0 aliphatic rings. The summed E-state index contributed by atoms with van der Waals surface area (Å²) in [4.78, 5) is 7.63. The lowest BCUT2D eigenvalue weighted by Gasteiger charge is -2.12. The van der Waals surface area contributed by atoms with Gasteiger partial charge in [-0.2, -0.15) is 9.07 Å². The average Bonchev–Trinajstić information content (AvgIpc) is 3.17. The minimum atomic E-state index is -0.944. The molecule has 0 spiro atoms. The Bertz CT molecular complexity index is 1160. The smallest absolute Gasteiger partial charge is 0.248 e. The first-order valence-corrected chi connectivity index (χ1v) is 9.02. The highest BCUT2D eigenvalue weighted by atomic mass is 35.5. The van der Waals surface area contributed by atoms with E-state index in [0.29, 0.717) is 16.3 Å². The molecule has 0 fully saturated rings. The fourth-order valence-corrected chi connectivity index (χ4v) is 3.10. The normalized spacial score (nSPS) is 10.9. The second-order valence-corrected chi connectivity index (χ2v) is 6.60. The van der Waals surface area contributed by atoms with Crippen molar-refractivity contribution in [3.63, 3.8) is 0 Å². The molecule has 3 aromatic heterocycles. The van der Waals surface area contributed by atoms with Crippen LogP contribution in [0.25, 0.3) is 16.9 Å². The predicted octanol–water partition coefficient (Wildman–Crippen LogP) is 4.32. The first-order chi connectivity index (χ1) is 14.1. The van der Waals surface area contributed by atoms with E-state index in [1.54, 1.807) is 30.3 Å². The summed E-state index contributed by atoms with van der Waals surface area (Å²) in [5.74, 6) is -1.44. The summed E-state index contributed by atoms with van der Waals surface area (Å²) >= 11 is 12.3. The molecule has 0 amide bonds. The molecule has 4 aromatic rings. The highest BCUT2D eigenvalue weighted by Crippen LogP contribution is 2.30. The van der Waals surface area contributed by atoms with Crippen LogP contribution < -0.4 is 5.32 Å². The summed E-state index contributed by atoms with van der Waals surface area (Å²) in [5, 5.41) is 15.1. The fraction of sp³-hybridized carbons (Fsp3) is 0.0556. The molecular formula is C18H11Cl2F2N7. The maximum atomic E-state index is 14.2. The Morgan fingerprint density at radius 3 is 2.69 bits per heavy atom. The van der Waals surface area contributed by atoms with Gasteiger partial charge in [0.05, 0.1) is 27.0 Å². The van der Waals surface area contributed by atoms with Crippen molar-refractivity contribution in [2.45, 2.75) is 6.54 Å². The zero-order valence-corrected chi connectivity index (χ0v) is 16.0. The molecule has 0 unspecified atom stereocenters. The summed E-state index contributed by atoms with van der Waals surface area (Å²) < 4.78 is 29.7. The van der Waals surface area contributed by atoms with Crippen LogP contribution in [0.15, 0.2) is 48.8 Å². The van der Waals surface area contributed by atoms with Crippen LogP contribution in [0.2, 0.25) is 10.0 Å². The van der Waals surface area contributed by atoms with E-state index in [1.165, 1.54) is 10.9 Å². The Morgan fingerprint density at radius 1 is 1.00 bits per heavy atom. The zero-order valence-electron chi connectivity index (χ0n) is 14.5. The third kappa shape index (κ3) is 3.74. The number of nitrogens with zero attached hydrogens (tertiary/aromatic N) is 6. The third-order valence-corrected chi connectivity index (χ3v) is 4.86. The van der Waals surface area contributed by atoms with Gasteiger partial charge in [-0.25, -0.2) is 9.37 Å². The largest absolute Gasteiger partial charge is 0.349 e. The molecule has 146 valence electrons. The van der Waals surface area contributed by atoms with Gasteiger partial charge in [0.1, 0.15) is 5.82 Å². The summed E-state index contributed by atoms with van der Waals surface area (Å²) in [6.45, 7) is 0.134. The predicted molar refractivity (Wildman–Crippen MR) is 104 cm³/mol. The van der Waals surface area contributed by atoms with Crippen molar-refractivity contribution in [1.29, 1.82) is 0 Å². The number of rotatable bonds is 5.